The summed E-state index contributed by atoms with van der Waals surface area (Å²) in [4.78, 5) is 0. The highest BCUT2D eigenvalue weighted by molar-refractivity contribution is 5.27. The van der Waals surface area contributed by atoms with Crippen molar-refractivity contribution in [3.05, 3.63) is 12.1 Å². The molecule has 0 saturated heterocycles. The van der Waals surface area contributed by atoms with Crippen molar-refractivity contribution in [2.24, 2.45) is 5.41 Å². The predicted molar refractivity (Wildman–Crippen MR) is 56.0 cm³/mol. The molecule has 78 valence electrons. The fourth-order valence-electron chi connectivity index (χ4n) is 0.869. The Hall–Kier alpha value is -1.32. The van der Waals surface area contributed by atoms with E-state index in [0.717, 1.165) is 6.42 Å². The van der Waals surface area contributed by atoms with Gasteiger partial charge < -0.3 is 10.5 Å². The molecule has 0 bridgehead atoms. The molecule has 1 rings (SSSR count). The molecule has 0 aliphatic heterocycles. The smallest absolute Gasteiger partial charge is 0.233 e. The molecule has 0 atom stereocenters. The van der Waals surface area contributed by atoms with Gasteiger partial charge in [-0.05, 0) is 17.9 Å². The average molecular weight is 195 g/mol. The molecule has 0 aliphatic rings. The van der Waals surface area contributed by atoms with Gasteiger partial charge in [0, 0.05) is 6.07 Å². The number of aromatic nitrogens is 2. The number of hydrogen-bond donors (Lipinski definition) is 1. The predicted octanol–water partition coefficient (Wildman–Crippen LogP) is 1.87. The van der Waals surface area contributed by atoms with E-state index in [4.69, 9.17) is 10.5 Å². The molecule has 0 aromatic carbocycles. The zero-order chi connectivity index (χ0) is 10.6. The first-order valence-corrected chi connectivity index (χ1v) is 4.69. The fourth-order valence-corrected chi connectivity index (χ4v) is 0.869. The summed E-state index contributed by atoms with van der Waals surface area (Å²) in [6.07, 6.45) is 0.985. The lowest BCUT2D eigenvalue weighted by Crippen LogP contribution is -2.11. The number of ether oxygens (including phenoxy) is 1. The summed E-state index contributed by atoms with van der Waals surface area (Å²) in [6.45, 7) is 7.17. The lowest BCUT2D eigenvalue weighted by Gasteiger charge is -2.17. The maximum Gasteiger partial charge on any atom is 0.233 e. The molecule has 14 heavy (non-hydrogen) atoms. The topological polar surface area (TPSA) is 61.0 Å². The summed E-state index contributed by atoms with van der Waals surface area (Å²) in [7, 11) is 0. The molecule has 4 heteroatoms. The van der Waals surface area contributed by atoms with Gasteiger partial charge in [0.05, 0.1) is 6.61 Å². The van der Waals surface area contributed by atoms with E-state index in [1.54, 1.807) is 12.1 Å². The number of nitrogen functional groups attached to an aromatic ring is 1. The van der Waals surface area contributed by atoms with Crippen molar-refractivity contribution in [1.82, 2.24) is 10.2 Å². The monoisotopic (exact) mass is 195 g/mol. The van der Waals surface area contributed by atoms with Crippen LogP contribution in [0.3, 0.4) is 0 Å². The van der Waals surface area contributed by atoms with Crippen molar-refractivity contribution in [2.45, 2.75) is 27.2 Å². The molecule has 2 N–H and O–H groups in total. The first-order chi connectivity index (χ1) is 6.47. The molecule has 0 fully saturated rings. The summed E-state index contributed by atoms with van der Waals surface area (Å²) in [5.74, 6) is 0.941. The highest BCUT2D eigenvalue weighted by atomic mass is 16.5. The number of nitrogens with two attached hydrogens (primary N) is 1. The van der Waals surface area contributed by atoms with Crippen LogP contribution in [0.25, 0.3) is 0 Å². The molecule has 0 radical (unpaired) electrons. The highest BCUT2D eigenvalue weighted by Gasteiger charge is 2.09. The van der Waals surface area contributed by atoms with E-state index in [9.17, 15) is 0 Å². The van der Waals surface area contributed by atoms with Crippen LogP contribution in [0.4, 0.5) is 5.82 Å². The third-order valence-electron chi connectivity index (χ3n) is 1.76. The van der Waals surface area contributed by atoms with Crippen molar-refractivity contribution in [3.8, 4) is 5.88 Å². The van der Waals surface area contributed by atoms with Crippen LogP contribution in [0.1, 0.15) is 27.2 Å². The van der Waals surface area contributed by atoms with Crippen molar-refractivity contribution < 1.29 is 4.74 Å². The molecule has 0 unspecified atom stereocenters. The van der Waals surface area contributed by atoms with E-state index < -0.39 is 0 Å². The maximum atomic E-state index is 5.41. The van der Waals surface area contributed by atoms with Crippen molar-refractivity contribution >= 4 is 5.82 Å². The summed E-state index contributed by atoms with van der Waals surface area (Å²) >= 11 is 0. The Kier molecular flexibility index (Phi) is 3.28. The van der Waals surface area contributed by atoms with E-state index in [1.807, 2.05) is 0 Å². The Bertz CT molecular complexity index is 276. The van der Waals surface area contributed by atoms with Gasteiger partial charge in [-0.25, -0.2) is 0 Å². The number of rotatable bonds is 3. The molecule has 4 nitrogen and oxygen atoms in total. The van der Waals surface area contributed by atoms with Crippen LogP contribution < -0.4 is 10.5 Å². The number of nitrogens with zero attached hydrogens (tertiary/aromatic N) is 2. The molecule has 1 aromatic rings. The minimum atomic E-state index is 0.279. The molecule has 0 saturated carbocycles. The van der Waals surface area contributed by atoms with Crippen molar-refractivity contribution in [2.75, 3.05) is 12.3 Å². The second-order valence-electron chi connectivity index (χ2n) is 4.46. The Labute approximate surface area is 84.5 Å². The molecular formula is C10H17N3O. The van der Waals surface area contributed by atoms with Crippen LogP contribution in [0.15, 0.2) is 12.1 Å². The number of anilines is 1. The van der Waals surface area contributed by atoms with Gasteiger partial charge >= 0.3 is 0 Å². The maximum absolute atomic E-state index is 5.41. The van der Waals surface area contributed by atoms with Crippen LogP contribution in [0.5, 0.6) is 5.88 Å². The normalized spacial score (nSPS) is 11.4. The SMILES string of the molecule is CC(C)(C)CCOc1ccc(N)nn1. The Morgan fingerprint density at radius 1 is 1.29 bits per heavy atom. The van der Waals surface area contributed by atoms with Gasteiger partial charge in [-0.15, -0.1) is 10.2 Å². The van der Waals surface area contributed by atoms with Crippen LogP contribution in [-0.4, -0.2) is 16.8 Å². The second-order valence-corrected chi connectivity index (χ2v) is 4.46. The zero-order valence-electron chi connectivity index (χ0n) is 8.95. The van der Waals surface area contributed by atoms with Crippen molar-refractivity contribution in [3.63, 3.8) is 0 Å². The fraction of sp³-hybridized carbons (Fsp3) is 0.600. The quantitative estimate of drug-likeness (QED) is 0.799. The molecule has 1 heterocycles. The van der Waals surface area contributed by atoms with Gasteiger partial charge in [0.2, 0.25) is 5.88 Å². The Morgan fingerprint density at radius 3 is 2.50 bits per heavy atom. The minimum Gasteiger partial charge on any atom is -0.477 e. The summed E-state index contributed by atoms with van der Waals surface area (Å²) in [6, 6.07) is 3.41. The standard InChI is InChI=1S/C10H17N3O/c1-10(2,3)6-7-14-9-5-4-8(11)12-13-9/h4-5H,6-7H2,1-3H3,(H2,11,12). The summed E-state index contributed by atoms with van der Waals surface area (Å²) < 4.78 is 5.41. The summed E-state index contributed by atoms with van der Waals surface area (Å²) in [5, 5.41) is 7.50. The Morgan fingerprint density at radius 2 is 2.00 bits per heavy atom. The second kappa shape index (κ2) is 4.26. The van der Waals surface area contributed by atoms with E-state index in [1.165, 1.54) is 0 Å². The van der Waals surface area contributed by atoms with Gasteiger partial charge in [-0.1, -0.05) is 20.8 Å². The van der Waals surface area contributed by atoms with E-state index in [-0.39, 0.29) is 5.41 Å². The molecule has 1 aromatic heterocycles. The highest BCUT2D eigenvalue weighted by Crippen LogP contribution is 2.18. The summed E-state index contributed by atoms with van der Waals surface area (Å²) in [5.41, 5.74) is 5.67. The first-order valence-electron chi connectivity index (χ1n) is 4.69. The van der Waals surface area contributed by atoms with Gasteiger partial charge in [-0.2, -0.15) is 0 Å². The lowest BCUT2D eigenvalue weighted by molar-refractivity contribution is 0.234. The third kappa shape index (κ3) is 4.07. The van der Waals surface area contributed by atoms with Gasteiger partial charge in [0.25, 0.3) is 0 Å². The third-order valence-corrected chi connectivity index (χ3v) is 1.76. The van der Waals surface area contributed by atoms with Crippen LogP contribution in [0.2, 0.25) is 0 Å². The van der Waals surface area contributed by atoms with Crippen LogP contribution in [-0.2, 0) is 0 Å². The average Bonchev–Trinajstić information content (AvgIpc) is 2.06. The van der Waals surface area contributed by atoms with Gasteiger partial charge in [-0.3, -0.25) is 0 Å². The van der Waals surface area contributed by atoms with Crippen LogP contribution >= 0.6 is 0 Å². The van der Waals surface area contributed by atoms with E-state index in [0.29, 0.717) is 18.3 Å². The molecule has 0 spiro atoms. The van der Waals surface area contributed by atoms with Gasteiger partial charge in [0.1, 0.15) is 5.82 Å². The van der Waals surface area contributed by atoms with Crippen molar-refractivity contribution in [1.29, 1.82) is 0 Å². The van der Waals surface area contributed by atoms with E-state index in [2.05, 4.69) is 31.0 Å². The first kappa shape index (κ1) is 10.8. The molecule has 0 aliphatic carbocycles. The van der Waals surface area contributed by atoms with E-state index >= 15 is 0 Å². The zero-order valence-corrected chi connectivity index (χ0v) is 8.95. The number of hydrogen-bond acceptors (Lipinski definition) is 4. The largest absolute Gasteiger partial charge is 0.477 e. The molecular weight excluding hydrogens is 178 g/mol. The Balaban J connectivity index is 2.35. The molecule has 0 amide bonds. The van der Waals surface area contributed by atoms with Crippen LogP contribution in [0, 0.1) is 5.41 Å². The van der Waals surface area contributed by atoms with Gasteiger partial charge in [0.15, 0.2) is 0 Å². The lowest BCUT2D eigenvalue weighted by atomic mass is 9.93. The minimum absolute atomic E-state index is 0.279.